The minimum Gasteiger partial charge on any atom is -0.372 e. The Balaban J connectivity index is 2.96. The minimum absolute atomic E-state index is 0.868. The Morgan fingerprint density at radius 3 is 2.31 bits per heavy atom. The van der Waals surface area contributed by atoms with Gasteiger partial charge in [0.15, 0.2) is 0 Å². The van der Waals surface area contributed by atoms with Crippen molar-refractivity contribution in [2.24, 2.45) is 0 Å². The first kappa shape index (κ1) is 10.1. The first-order valence-corrected chi connectivity index (χ1v) is 4.95. The zero-order valence-corrected chi connectivity index (χ0v) is 8.59. The molecule has 0 aromatic heterocycles. The molecule has 0 fully saturated rings. The SMILES string of the molecule is CCN(CC)c1ccccc1C[NH3+]. The lowest BCUT2D eigenvalue weighted by Crippen LogP contribution is -2.48. The molecule has 0 saturated carbocycles. The largest absolute Gasteiger partial charge is 0.372 e. The van der Waals surface area contributed by atoms with Crippen LogP contribution in [0.4, 0.5) is 5.69 Å². The molecule has 3 N–H and O–H groups in total. The number of para-hydroxylation sites is 1. The summed E-state index contributed by atoms with van der Waals surface area (Å²) in [6.07, 6.45) is 0. The molecule has 0 radical (unpaired) electrons. The monoisotopic (exact) mass is 179 g/mol. The van der Waals surface area contributed by atoms with Gasteiger partial charge in [-0.2, -0.15) is 0 Å². The Labute approximate surface area is 80.4 Å². The third-order valence-corrected chi connectivity index (χ3v) is 2.37. The summed E-state index contributed by atoms with van der Waals surface area (Å²) in [6.45, 7) is 7.36. The van der Waals surface area contributed by atoms with Gasteiger partial charge in [-0.15, -0.1) is 0 Å². The molecule has 1 aromatic carbocycles. The van der Waals surface area contributed by atoms with Gasteiger partial charge in [0.1, 0.15) is 6.54 Å². The van der Waals surface area contributed by atoms with Crippen molar-refractivity contribution in [1.29, 1.82) is 0 Å². The summed E-state index contributed by atoms with van der Waals surface area (Å²) < 4.78 is 0. The van der Waals surface area contributed by atoms with Crippen molar-refractivity contribution in [3.05, 3.63) is 29.8 Å². The molecule has 0 aliphatic heterocycles. The van der Waals surface area contributed by atoms with Gasteiger partial charge in [-0.05, 0) is 19.9 Å². The molecule has 0 amide bonds. The van der Waals surface area contributed by atoms with Gasteiger partial charge in [-0.3, -0.25) is 0 Å². The van der Waals surface area contributed by atoms with Crippen molar-refractivity contribution in [2.45, 2.75) is 20.4 Å². The highest BCUT2D eigenvalue weighted by Gasteiger charge is 2.06. The quantitative estimate of drug-likeness (QED) is 0.741. The van der Waals surface area contributed by atoms with Gasteiger partial charge in [0.2, 0.25) is 0 Å². The van der Waals surface area contributed by atoms with E-state index < -0.39 is 0 Å². The highest BCUT2D eigenvalue weighted by molar-refractivity contribution is 5.53. The summed E-state index contributed by atoms with van der Waals surface area (Å²) in [5.41, 5.74) is 6.62. The number of benzene rings is 1. The highest BCUT2D eigenvalue weighted by Crippen LogP contribution is 2.18. The van der Waals surface area contributed by atoms with Crippen molar-refractivity contribution in [3.8, 4) is 0 Å². The van der Waals surface area contributed by atoms with Gasteiger partial charge in [0.25, 0.3) is 0 Å². The zero-order valence-electron chi connectivity index (χ0n) is 8.59. The minimum atomic E-state index is 0.868. The molecule has 0 atom stereocenters. The maximum Gasteiger partial charge on any atom is 0.102 e. The Hall–Kier alpha value is -1.02. The third-order valence-electron chi connectivity index (χ3n) is 2.37. The Bertz CT molecular complexity index is 254. The molecule has 0 aliphatic rings. The molecule has 1 aromatic rings. The summed E-state index contributed by atoms with van der Waals surface area (Å²) >= 11 is 0. The van der Waals surface area contributed by atoms with E-state index in [0.29, 0.717) is 0 Å². The van der Waals surface area contributed by atoms with Crippen LogP contribution in [0.1, 0.15) is 19.4 Å². The number of hydrogen-bond donors (Lipinski definition) is 1. The van der Waals surface area contributed by atoms with Crippen LogP contribution < -0.4 is 10.6 Å². The smallest absolute Gasteiger partial charge is 0.102 e. The van der Waals surface area contributed by atoms with Crippen LogP contribution in [0.5, 0.6) is 0 Å². The number of anilines is 1. The van der Waals surface area contributed by atoms with Crippen molar-refractivity contribution < 1.29 is 5.73 Å². The van der Waals surface area contributed by atoms with Crippen LogP contribution in [0.15, 0.2) is 24.3 Å². The zero-order chi connectivity index (χ0) is 9.68. The summed E-state index contributed by atoms with van der Waals surface area (Å²) in [7, 11) is 0. The molecule has 72 valence electrons. The Kier molecular flexibility index (Phi) is 3.77. The lowest BCUT2D eigenvalue weighted by atomic mass is 10.1. The van der Waals surface area contributed by atoms with E-state index in [9.17, 15) is 0 Å². The van der Waals surface area contributed by atoms with Crippen LogP contribution in [0.3, 0.4) is 0 Å². The fourth-order valence-electron chi connectivity index (χ4n) is 1.60. The molecule has 0 aliphatic carbocycles. The normalized spacial score (nSPS) is 10.1. The van der Waals surface area contributed by atoms with Crippen molar-refractivity contribution >= 4 is 5.69 Å². The van der Waals surface area contributed by atoms with Crippen LogP contribution in [0.25, 0.3) is 0 Å². The van der Waals surface area contributed by atoms with Crippen molar-refractivity contribution in [1.82, 2.24) is 0 Å². The second-order valence-corrected chi connectivity index (χ2v) is 3.05. The molecule has 13 heavy (non-hydrogen) atoms. The molecule has 2 heteroatoms. The van der Waals surface area contributed by atoms with Gasteiger partial charge < -0.3 is 10.6 Å². The molecule has 0 unspecified atom stereocenters. The Morgan fingerprint density at radius 1 is 1.15 bits per heavy atom. The van der Waals surface area contributed by atoms with Crippen LogP contribution in [0, 0.1) is 0 Å². The van der Waals surface area contributed by atoms with E-state index in [4.69, 9.17) is 0 Å². The van der Waals surface area contributed by atoms with Crippen LogP contribution in [-0.4, -0.2) is 13.1 Å². The number of rotatable bonds is 4. The fraction of sp³-hybridized carbons (Fsp3) is 0.455. The first-order valence-electron chi connectivity index (χ1n) is 4.95. The molecule has 0 spiro atoms. The predicted octanol–water partition coefficient (Wildman–Crippen LogP) is 1.27. The van der Waals surface area contributed by atoms with E-state index in [1.54, 1.807) is 0 Å². The highest BCUT2D eigenvalue weighted by atomic mass is 15.1. The van der Waals surface area contributed by atoms with E-state index in [-0.39, 0.29) is 0 Å². The maximum atomic E-state index is 3.94. The number of quaternary nitrogens is 1. The second kappa shape index (κ2) is 4.87. The molecule has 0 heterocycles. The maximum absolute atomic E-state index is 3.94. The van der Waals surface area contributed by atoms with E-state index in [0.717, 1.165) is 19.6 Å². The summed E-state index contributed by atoms with van der Waals surface area (Å²) in [5.74, 6) is 0. The van der Waals surface area contributed by atoms with Crippen LogP contribution in [-0.2, 0) is 6.54 Å². The fourth-order valence-corrected chi connectivity index (χ4v) is 1.60. The second-order valence-electron chi connectivity index (χ2n) is 3.05. The van der Waals surface area contributed by atoms with Crippen LogP contribution in [0.2, 0.25) is 0 Å². The standard InChI is InChI=1S/C11H18N2/c1-3-13(4-2)11-8-6-5-7-10(11)9-12/h5-8H,3-4,9,12H2,1-2H3/p+1. The molecular weight excluding hydrogens is 160 g/mol. The molecule has 2 nitrogen and oxygen atoms in total. The van der Waals surface area contributed by atoms with Crippen LogP contribution >= 0.6 is 0 Å². The molecule has 1 rings (SSSR count). The van der Waals surface area contributed by atoms with E-state index in [1.165, 1.54) is 11.3 Å². The number of hydrogen-bond acceptors (Lipinski definition) is 1. The van der Waals surface area contributed by atoms with E-state index >= 15 is 0 Å². The average Bonchev–Trinajstić information content (AvgIpc) is 2.20. The third kappa shape index (κ3) is 2.22. The van der Waals surface area contributed by atoms with E-state index in [1.807, 2.05) is 0 Å². The lowest BCUT2D eigenvalue weighted by Gasteiger charge is -2.22. The van der Waals surface area contributed by atoms with Gasteiger partial charge in [-0.25, -0.2) is 0 Å². The van der Waals surface area contributed by atoms with Gasteiger partial charge in [0, 0.05) is 24.3 Å². The van der Waals surface area contributed by atoms with Gasteiger partial charge >= 0.3 is 0 Å². The first-order chi connectivity index (χ1) is 6.33. The molecule has 0 saturated heterocycles. The topological polar surface area (TPSA) is 30.9 Å². The van der Waals surface area contributed by atoms with E-state index in [2.05, 4.69) is 48.7 Å². The lowest BCUT2D eigenvalue weighted by molar-refractivity contribution is -0.386. The Morgan fingerprint density at radius 2 is 1.77 bits per heavy atom. The number of nitrogens with zero attached hydrogens (tertiary/aromatic N) is 1. The summed E-state index contributed by atoms with van der Waals surface area (Å²) in [4.78, 5) is 2.36. The van der Waals surface area contributed by atoms with Crippen molar-refractivity contribution in [2.75, 3.05) is 18.0 Å². The molecule has 0 bridgehead atoms. The molecular formula is C11H19N2+. The average molecular weight is 179 g/mol. The predicted molar refractivity (Wildman–Crippen MR) is 56.6 cm³/mol. The van der Waals surface area contributed by atoms with Crippen molar-refractivity contribution in [3.63, 3.8) is 0 Å². The summed E-state index contributed by atoms with van der Waals surface area (Å²) in [6, 6.07) is 8.49. The summed E-state index contributed by atoms with van der Waals surface area (Å²) in [5, 5.41) is 0. The van der Waals surface area contributed by atoms with Gasteiger partial charge in [-0.1, -0.05) is 18.2 Å². The van der Waals surface area contributed by atoms with Gasteiger partial charge in [0.05, 0.1) is 0 Å².